The fourth-order valence-electron chi connectivity index (χ4n) is 1.30. The zero-order valence-electron chi connectivity index (χ0n) is 8.14. The molecule has 1 rings (SSSR count). The van der Waals surface area contributed by atoms with Gasteiger partial charge in [-0.1, -0.05) is 18.6 Å². The SMILES string of the molecule is C=C(C)CNC(=O)C1CCCCS1. The minimum Gasteiger partial charge on any atom is -0.351 e. The first-order chi connectivity index (χ1) is 6.20. The van der Waals surface area contributed by atoms with Crippen molar-refractivity contribution < 1.29 is 4.79 Å². The summed E-state index contributed by atoms with van der Waals surface area (Å²) in [4.78, 5) is 11.5. The predicted molar refractivity (Wildman–Crippen MR) is 57.9 cm³/mol. The van der Waals surface area contributed by atoms with Crippen molar-refractivity contribution in [1.82, 2.24) is 5.32 Å². The molecule has 1 aliphatic heterocycles. The minimum absolute atomic E-state index is 0.188. The smallest absolute Gasteiger partial charge is 0.233 e. The molecule has 1 heterocycles. The van der Waals surface area contributed by atoms with Crippen molar-refractivity contribution in [3.63, 3.8) is 0 Å². The first-order valence-electron chi connectivity index (χ1n) is 4.74. The molecule has 0 aromatic carbocycles. The minimum atomic E-state index is 0.188. The molecule has 1 unspecified atom stereocenters. The molecule has 0 saturated carbocycles. The van der Waals surface area contributed by atoms with Crippen molar-refractivity contribution in [2.24, 2.45) is 0 Å². The summed E-state index contributed by atoms with van der Waals surface area (Å²) in [6.07, 6.45) is 3.49. The highest BCUT2D eigenvalue weighted by atomic mass is 32.2. The number of nitrogens with one attached hydrogen (secondary N) is 1. The second-order valence-corrected chi connectivity index (χ2v) is 4.84. The highest BCUT2D eigenvalue weighted by Crippen LogP contribution is 2.24. The number of rotatable bonds is 3. The van der Waals surface area contributed by atoms with Crippen LogP contribution in [-0.2, 0) is 4.79 Å². The van der Waals surface area contributed by atoms with Gasteiger partial charge in [0.2, 0.25) is 5.91 Å². The van der Waals surface area contributed by atoms with Crippen LogP contribution in [0, 0.1) is 0 Å². The van der Waals surface area contributed by atoms with E-state index < -0.39 is 0 Å². The van der Waals surface area contributed by atoms with Gasteiger partial charge < -0.3 is 5.32 Å². The zero-order valence-corrected chi connectivity index (χ0v) is 8.95. The molecule has 74 valence electrons. The number of thioether (sulfide) groups is 1. The van der Waals surface area contributed by atoms with Gasteiger partial charge in [-0.3, -0.25) is 4.79 Å². The molecular weight excluding hydrogens is 182 g/mol. The third-order valence-corrected chi connectivity index (χ3v) is 3.41. The Morgan fingerprint density at radius 3 is 2.92 bits per heavy atom. The first kappa shape index (κ1) is 10.6. The maximum atomic E-state index is 11.5. The van der Waals surface area contributed by atoms with Gasteiger partial charge in [0.05, 0.1) is 5.25 Å². The standard InChI is InChI=1S/C10H17NOS/c1-8(2)7-11-10(12)9-5-3-4-6-13-9/h9H,1,3-7H2,2H3,(H,11,12). The summed E-state index contributed by atoms with van der Waals surface area (Å²) >= 11 is 1.78. The predicted octanol–water partition coefficient (Wildman–Crippen LogP) is 1.96. The van der Waals surface area contributed by atoms with E-state index >= 15 is 0 Å². The molecule has 0 bridgehead atoms. The Bertz CT molecular complexity index is 197. The van der Waals surface area contributed by atoms with Crippen molar-refractivity contribution in [3.05, 3.63) is 12.2 Å². The van der Waals surface area contributed by atoms with Crippen LogP contribution in [0.3, 0.4) is 0 Å². The van der Waals surface area contributed by atoms with Gasteiger partial charge in [0.25, 0.3) is 0 Å². The average Bonchev–Trinajstić information content (AvgIpc) is 2.15. The number of hydrogen-bond acceptors (Lipinski definition) is 2. The van der Waals surface area contributed by atoms with Crippen LogP contribution in [0.5, 0.6) is 0 Å². The van der Waals surface area contributed by atoms with Crippen molar-refractivity contribution >= 4 is 17.7 Å². The molecule has 0 aliphatic carbocycles. The molecule has 1 aliphatic rings. The summed E-state index contributed by atoms with van der Waals surface area (Å²) in [5, 5.41) is 3.08. The molecule has 0 spiro atoms. The molecule has 1 N–H and O–H groups in total. The average molecular weight is 199 g/mol. The van der Waals surface area contributed by atoms with E-state index in [1.54, 1.807) is 11.8 Å². The Labute approximate surface area is 84.2 Å². The number of amides is 1. The van der Waals surface area contributed by atoms with E-state index in [-0.39, 0.29) is 11.2 Å². The first-order valence-corrected chi connectivity index (χ1v) is 5.78. The van der Waals surface area contributed by atoms with E-state index in [9.17, 15) is 4.79 Å². The maximum absolute atomic E-state index is 11.5. The highest BCUT2D eigenvalue weighted by Gasteiger charge is 2.20. The molecule has 0 aromatic rings. The van der Waals surface area contributed by atoms with E-state index in [1.165, 1.54) is 12.8 Å². The van der Waals surface area contributed by atoms with E-state index in [1.807, 2.05) is 6.92 Å². The van der Waals surface area contributed by atoms with Crippen LogP contribution in [0.4, 0.5) is 0 Å². The third-order valence-electron chi connectivity index (χ3n) is 2.04. The fourth-order valence-corrected chi connectivity index (χ4v) is 2.52. The lowest BCUT2D eigenvalue weighted by atomic mass is 10.2. The molecule has 3 heteroatoms. The van der Waals surface area contributed by atoms with Crippen LogP contribution in [0.1, 0.15) is 26.2 Å². The van der Waals surface area contributed by atoms with Crippen LogP contribution in [-0.4, -0.2) is 23.5 Å². The summed E-state index contributed by atoms with van der Waals surface area (Å²) in [6.45, 7) is 6.30. The van der Waals surface area contributed by atoms with Crippen LogP contribution in [0.2, 0.25) is 0 Å². The number of carbonyl (C=O) groups is 1. The maximum Gasteiger partial charge on any atom is 0.233 e. The Morgan fingerprint density at radius 2 is 2.38 bits per heavy atom. The van der Waals surface area contributed by atoms with Gasteiger partial charge in [0.1, 0.15) is 0 Å². The third kappa shape index (κ3) is 3.85. The molecular formula is C10H17NOS. The number of hydrogen-bond donors (Lipinski definition) is 1. The Morgan fingerprint density at radius 1 is 1.62 bits per heavy atom. The molecule has 1 saturated heterocycles. The van der Waals surface area contributed by atoms with Gasteiger partial charge in [0, 0.05) is 6.54 Å². The highest BCUT2D eigenvalue weighted by molar-refractivity contribution is 8.00. The topological polar surface area (TPSA) is 29.1 Å². The van der Waals surface area contributed by atoms with Gasteiger partial charge >= 0.3 is 0 Å². The largest absolute Gasteiger partial charge is 0.351 e. The summed E-state index contributed by atoms with van der Waals surface area (Å²) < 4.78 is 0. The monoisotopic (exact) mass is 199 g/mol. The fraction of sp³-hybridized carbons (Fsp3) is 0.700. The Kier molecular flexibility index (Phi) is 4.36. The van der Waals surface area contributed by atoms with Gasteiger partial charge in [-0.05, 0) is 25.5 Å². The number of carbonyl (C=O) groups excluding carboxylic acids is 1. The van der Waals surface area contributed by atoms with Gasteiger partial charge in [-0.2, -0.15) is 0 Å². The van der Waals surface area contributed by atoms with Gasteiger partial charge in [-0.25, -0.2) is 0 Å². The van der Waals surface area contributed by atoms with Crippen LogP contribution < -0.4 is 5.32 Å². The molecule has 13 heavy (non-hydrogen) atoms. The summed E-state index contributed by atoms with van der Waals surface area (Å²) in [5.41, 5.74) is 1.01. The molecule has 0 aromatic heterocycles. The second-order valence-electron chi connectivity index (χ2n) is 3.53. The molecule has 1 fully saturated rings. The van der Waals surface area contributed by atoms with Crippen molar-refractivity contribution in [1.29, 1.82) is 0 Å². The quantitative estimate of drug-likeness (QED) is 0.704. The Balaban J connectivity index is 2.25. The van der Waals surface area contributed by atoms with E-state index in [4.69, 9.17) is 0 Å². The van der Waals surface area contributed by atoms with Gasteiger partial charge in [-0.15, -0.1) is 11.8 Å². The lowest BCUT2D eigenvalue weighted by Crippen LogP contribution is -2.34. The van der Waals surface area contributed by atoms with E-state index in [0.29, 0.717) is 6.54 Å². The molecule has 1 atom stereocenters. The second kappa shape index (κ2) is 5.32. The molecule has 2 nitrogen and oxygen atoms in total. The normalized spacial score (nSPS) is 22.4. The molecule has 1 amide bonds. The summed E-state index contributed by atoms with van der Waals surface area (Å²) in [7, 11) is 0. The lowest BCUT2D eigenvalue weighted by Gasteiger charge is -2.20. The van der Waals surface area contributed by atoms with Crippen LogP contribution in [0.25, 0.3) is 0 Å². The lowest BCUT2D eigenvalue weighted by molar-refractivity contribution is -0.120. The van der Waals surface area contributed by atoms with E-state index in [2.05, 4.69) is 11.9 Å². The van der Waals surface area contributed by atoms with E-state index in [0.717, 1.165) is 17.7 Å². The summed E-state index contributed by atoms with van der Waals surface area (Å²) in [5.74, 6) is 1.32. The van der Waals surface area contributed by atoms with Crippen LogP contribution in [0.15, 0.2) is 12.2 Å². The van der Waals surface area contributed by atoms with Crippen LogP contribution >= 0.6 is 11.8 Å². The van der Waals surface area contributed by atoms with Crippen molar-refractivity contribution in [2.75, 3.05) is 12.3 Å². The van der Waals surface area contributed by atoms with Gasteiger partial charge in [0.15, 0.2) is 0 Å². The van der Waals surface area contributed by atoms with Crippen molar-refractivity contribution in [2.45, 2.75) is 31.4 Å². The van der Waals surface area contributed by atoms with Crippen molar-refractivity contribution in [3.8, 4) is 0 Å². The zero-order chi connectivity index (χ0) is 9.68. The Hall–Kier alpha value is -0.440. The molecule has 0 radical (unpaired) electrons. The summed E-state index contributed by atoms with van der Waals surface area (Å²) in [6, 6.07) is 0.